The number of aliphatic hydroxyl groups is 1. The van der Waals surface area contributed by atoms with Crippen LogP contribution in [0.5, 0.6) is 5.75 Å². The lowest BCUT2D eigenvalue weighted by atomic mass is 9.87. The molecule has 2 rings (SSSR count). The third-order valence-electron chi connectivity index (χ3n) is 3.36. The van der Waals surface area contributed by atoms with Gasteiger partial charge in [0.25, 0.3) is 0 Å². The zero-order valence-electron chi connectivity index (χ0n) is 11.5. The number of benzene rings is 1. The molecule has 0 spiro atoms. The van der Waals surface area contributed by atoms with Crippen LogP contribution < -0.4 is 0 Å². The van der Waals surface area contributed by atoms with Gasteiger partial charge < -0.3 is 10.2 Å². The van der Waals surface area contributed by atoms with E-state index in [0.717, 1.165) is 5.56 Å². The van der Waals surface area contributed by atoms with E-state index in [1.807, 2.05) is 58.1 Å². The highest BCUT2D eigenvalue weighted by Crippen LogP contribution is 2.22. The Morgan fingerprint density at radius 1 is 1.11 bits per heavy atom. The SMILES string of the molecule is CC1C=CC=CC1(C)O.Cc1ccc(O)cc1C. The molecule has 2 nitrogen and oxygen atoms in total. The molecule has 0 amide bonds. The highest BCUT2D eigenvalue weighted by atomic mass is 16.3. The Kier molecular flexibility index (Phi) is 4.74. The van der Waals surface area contributed by atoms with Crippen LogP contribution in [-0.2, 0) is 0 Å². The molecule has 1 aliphatic rings. The summed E-state index contributed by atoms with van der Waals surface area (Å²) < 4.78 is 0. The fourth-order valence-electron chi connectivity index (χ4n) is 1.55. The molecule has 0 saturated heterocycles. The van der Waals surface area contributed by atoms with Gasteiger partial charge in [-0.3, -0.25) is 0 Å². The molecule has 98 valence electrons. The Labute approximate surface area is 109 Å². The number of aromatic hydroxyl groups is 1. The molecule has 0 saturated carbocycles. The van der Waals surface area contributed by atoms with Crippen LogP contribution in [0.1, 0.15) is 25.0 Å². The summed E-state index contributed by atoms with van der Waals surface area (Å²) in [5.41, 5.74) is 1.72. The smallest absolute Gasteiger partial charge is 0.115 e. The van der Waals surface area contributed by atoms with Crippen LogP contribution in [-0.4, -0.2) is 15.8 Å². The van der Waals surface area contributed by atoms with Crippen LogP contribution in [0.4, 0.5) is 0 Å². The molecule has 0 bridgehead atoms. The summed E-state index contributed by atoms with van der Waals surface area (Å²) in [6, 6.07) is 5.36. The Balaban J connectivity index is 0.000000180. The summed E-state index contributed by atoms with van der Waals surface area (Å²) in [5, 5.41) is 18.4. The summed E-state index contributed by atoms with van der Waals surface area (Å²) in [7, 11) is 0. The van der Waals surface area contributed by atoms with Crippen LogP contribution in [0, 0.1) is 19.8 Å². The van der Waals surface area contributed by atoms with E-state index >= 15 is 0 Å². The zero-order chi connectivity index (χ0) is 13.8. The molecule has 0 radical (unpaired) electrons. The molecule has 0 aromatic heterocycles. The van der Waals surface area contributed by atoms with Gasteiger partial charge in [0.05, 0.1) is 5.60 Å². The largest absolute Gasteiger partial charge is 0.508 e. The summed E-state index contributed by atoms with van der Waals surface area (Å²) in [6.07, 6.45) is 7.65. The van der Waals surface area contributed by atoms with Crippen LogP contribution in [0.25, 0.3) is 0 Å². The van der Waals surface area contributed by atoms with Crippen molar-refractivity contribution in [2.45, 2.75) is 33.3 Å². The second-order valence-electron chi connectivity index (χ2n) is 5.03. The Morgan fingerprint density at radius 2 is 1.78 bits per heavy atom. The Bertz CT molecular complexity index is 456. The number of aryl methyl sites for hydroxylation is 2. The minimum Gasteiger partial charge on any atom is -0.508 e. The number of hydrogen-bond acceptors (Lipinski definition) is 2. The summed E-state index contributed by atoms with van der Waals surface area (Å²) >= 11 is 0. The van der Waals surface area contributed by atoms with Crippen molar-refractivity contribution >= 4 is 0 Å². The van der Waals surface area contributed by atoms with E-state index in [1.165, 1.54) is 5.56 Å². The van der Waals surface area contributed by atoms with Crippen molar-refractivity contribution in [3.05, 3.63) is 53.6 Å². The quantitative estimate of drug-likeness (QED) is 0.735. The standard InChI is InChI=1S/C8H10O.C8H12O/c1-6-3-4-8(9)5-7(6)2;1-7-5-3-4-6-8(7,2)9/h3-5,9H,1-2H3;3-7,9H,1-2H3. The molecule has 2 heteroatoms. The van der Waals surface area contributed by atoms with E-state index in [2.05, 4.69) is 0 Å². The van der Waals surface area contributed by atoms with Crippen molar-refractivity contribution in [1.82, 2.24) is 0 Å². The molecule has 0 aliphatic heterocycles. The average molecular weight is 246 g/mol. The number of allylic oxidation sites excluding steroid dienone is 2. The molecular formula is C16H22O2. The van der Waals surface area contributed by atoms with Crippen molar-refractivity contribution in [1.29, 1.82) is 0 Å². The number of hydrogen-bond donors (Lipinski definition) is 2. The molecular weight excluding hydrogens is 224 g/mol. The van der Waals surface area contributed by atoms with Gasteiger partial charge in [-0.25, -0.2) is 0 Å². The van der Waals surface area contributed by atoms with Crippen LogP contribution in [0.15, 0.2) is 42.5 Å². The fraction of sp³-hybridized carbons (Fsp3) is 0.375. The van der Waals surface area contributed by atoms with Crippen molar-refractivity contribution < 1.29 is 10.2 Å². The van der Waals surface area contributed by atoms with Gasteiger partial charge >= 0.3 is 0 Å². The average Bonchev–Trinajstić information content (AvgIpc) is 2.29. The van der Waals surface area contributed by atoms with E-state index in [4.69, 9.17) is 5.11 Å². The molecule has 0 heterocycles. The predicted molar refractivity (Wildman–Crippen MR) is 75.6 cm³/mol. The fourth-order valence-corrected chi connectivity index (χ4v) is 1.55. The van der Waals surface area contributed by atoms with E-state index in [-0.39, 0.29) is 5.92 Å². The van der Waals surface area contributed by atoms with Gasteiger partial charge in [0.1, 0.15) is 5.75 Å². The van der Waals surface area contributed by atoms with E-state index in [0.29, 0.717) is 5.75 Å². The number of phenols is 1. The number of rotatable bonds is 0. The Hall–Kier alpha value is -1.54. The first kappa shape index (κ1) is 14.5. The first-order chi connectivity index (χ1) is 8.33. The number of phenolic OH excluding ortho intramolecular Hbond substituents is 1. The highest BCUT2D eigenvalue weighted by molar-refractivity contribution is 5.32. The first-order valence-electron chi connectivity index (χ1n) is 6.17. The lowest BCUT2D eigenvalue weighted by Crippen LogP contribution is -2.29. The van der Waals surface area contributed by atoms with Crippen molar-refractivity contribution in [3.63, 3.8) is 0 Å². The van der Waals surface area contributed by atoms with Gasteiger partial charge in [0.15, 0.2) is 0 Å². The molecule has 2 N–H and O–H groups in total. The van der Waals surface area contributed by atoms with Crippen LogP contribution in [0.2, 0.25) is 0 Å². The molecule has 1 aromatic rings. The minimum atomic E-state index is -0.630. The zero-order valence-corrected chi connectivity index (χ0v) is 11.5. The molecule has 1 aromatic carbocycles. The summed E-state index contributed by atoms with van der Waals surface area (Å²) in [6.45, 7) is 7.82. The van der Waals surface area contributed by atoms with Crippen molar-refractivity contribution in [3.8, 4) is 5.75 Å². The summed E-state index contributed by atoms with van der Waals surface area (Å²) in [4.78, 5) is 0. The van der Waals surface area contributed by atoms with Gasteiger partial charge in [-0.2, -0.15) is 0 Å². The van der Waals surface area contributed by atoms with E-state index in [1.54, 1.807) is 12.1 Å². The second-order valence-corrected chi connectivity index (χ2v) is 5.03. The molecule has 2 atom stereocenters. The monoisotopic (exact) mass is 246 g/mol. The van der Waals surface area contributed by atoms with E-state index < -0.39 is 5.60 Å². The lowest BCUT2D eigenvalue weighted by molar-refractivity contribution is 0.0730. The maximum atomic E-state index is 9.50. The lowest BCUT2D eigenvalue weighted by Gasteiger charge is -2.26. The van der Waals surface area contributed by atoms with Gasteiger partial charge in [0.2, 0.25) is 0 Å². The second kappa shape index (κ2) is 5.87. The summed E-state index contributed by atoms with van der Waals surface area (Å²) in [5.74, 6) is 0.584. The topological polar surface area (TPSA) is 40.5 Å². The van der Waals surface area contributed by atoms with Crippen LogP contribution >= 0.6 is 0 Å². The van der Waals surface area contributed by atoms with Crippen molar-refractivity contribution in [2.75, 3.05) is 0 Å². The minimum absolute atomic E-state index is 0.238. The third-order valence-corrected chi connectivity index (χ3v) is 3.36. The van der Waals surface area contributed by atoms with Gasteiger partial charge in [-0.15, -0.1) is 0 Å². The first-order valence-corrected chi connectivity index (χ1v) is 6.17. The third kappa shape index (κ3) is 4.04. The Morgan fingerprint density at radius 3 is 2.17 bits per heavy atom. The molecule has 18 heavy (non-hydrogen) atoms. The highest BCUT2D eigenvalue weighted by Gasteiger charge is 2.23. The van der Waals surface area contributed by atoms with Crippen molar-refractivity contribution in [2.24, 2.45) is 5.92 Å². The van der Waals surface area contributed by atoms with Gasteiger partial charge in [0, 0.05) is 5.92 Å². The van der Waals surface area contributed by atoms with Crippen LogP contribution in [0.3, 0.4) is 0 Å². The molecule has 1 aliphatic carbocycles. The maximum Gasteiger partial charge on any atom is 0.115 e. The predicted octanol–water partition coefficient (Wildman–Crippen LogP) is 3.51. The maximum absolute atomic E-state index is 9.50. The van der Waals surface area contributed by atoms with Gasteiger partial charge in [-0.1, -0.05) is 37.3 Å². The molecule has 2 unspecified atom stereocenters. The van der Waals surface area contributed by atoms with E-state index in [9.17, 15) is 5.11 Å². The normalized spacial score (nSPS) is 25.5. The van der Waals surface area contributed by atoms with Gasteiger partial charge in [-0.05, 0) is 44.0 Å². The molecule has 0 fully saturated rings.